The Morgan fingerprint density at radius 1 is 1.22 bits per heavy atom. The van der Waals surface area contributed by atoms with Crippen molar-refractivity contribution in [3.8, 4) is 5.75 Å². The van der Waals surface area contributed by atoms with Gasteiger partial charge in [-0.2, -0.15) is 13.2 Å². The zero-order chi connectivity index (χ0) is 23.7. The van der Waals surface area contributed by atoms with E-state index in [1.54, 1.807) is 6.08 Å². The highest BCUT2D eigenvalue weighted by Gasteiger charge is 2.39. The topological polar surface area (TPSA) is 107 Å². The Kier molecular flexibility index (Phi) is 9.74. The zero-order valence-electron chi connectivity index (χ0n) is 17.5. The first kappa shape index (κ1) is 25.9. The first-order valence-electron chi connectivity index (χ1n) is 10.5. The maximum atomic E-state index is 12.8. The molecule has 9 heteroatoms. The molecule has 1 aliphatic carbocycles. The molecule has 0 radical (unpaired) electrons. The molecule has 32 heavy (non-hydrogen) atoms. The fourth-order valence-electron chi connectivity index (χ4n) is 3.70. The van der Waals surface area contributed by atoms with Gasteiger partial charge in [-0.25, -0.2) is 0 Å². The minimum atomic E-state index is -4.49. The Bertz CT molecular complexity index is 792. The van der Waals surface area contributed by atoms with Crippen LogP contribution in [0.15, 0.2) is 48.6 Å². The smallest absolute Gasteiger partial charge is 0.416 e. The van der Waals surface area contributed by atoms with Gasteiger partial charge in [0.1, 0.15) is 18.5 Å². The van der Waals surface area contributed by atoms with Crippen molar-refractivity contribution in [2.45, 2.75) is 56.6 Å². The number of benzene rings is 1. The normalized spacial score (nSPS) is 24.9. The van der Waals surface area contributed by atoms with Gasteiger partial charge in [0.15, 0.2) is 0 Å². The van der Waals surface area contributed by atoms with Crippen molar-refractivity contribution in [2.75, 3.05) is 6.61 Å². The van der Waals surface area contributed by atoms with Crippen LogP contribution in [0.1, 0.15) is 37.7 Å². The van der Waals surface area contributed by atoms with Crippen molar-refractivity contribution >= 4 is 5.97 Å². The summed E-state index contributed by atoms with van der Waals surface area (Å²) < 4.78 is 43.5. The number of hydrogen-bond acceptors (Lipinski definition) is 5. The van der Waals surface area contributed by atoms with Crippen LogP contribution in [0.25, 0.3) is 0 Å². The average molecular weight is 458 g/mol. The van der Waals surface area contributed by atoms with Gasteiger partial charge in [0, 0.05) is 18.8 Å². The zero-order valence-corrected chi connectivity index (χ0v) is 17.5. The predicted octanol–water partition coefficient (Wildman–Crippen LogP) is 3.56. The number of aliphatic carboxylic acids is 1. The van der Waals surface area contributed by atoms with Gasteiger partial charge in [-0.05, 0) is 43.4 Å². The van der Waals surface area contributed by atoms with Crippen molar-refractivity contribution in [3.63, 3.8) is 0 Å². The van der Waals surface area contributed by atoms with Crippen molar-refractivity contribution in [3.05, 3.63) is 54.1 Å². The van der Waals surface area contributed by atoms with Gasteiger partial charge in [0.2, 0.25) is 0 Å². The standard InChI is InChI=1S/C23H29F3O6/c24-23(25,26)15-6-5-7-17(12-15)32-14-16(27)10-11-19-18(20(28)13-21(19)29)8-3-1-2-4-9-22(30)31/h1,3,5-7,10-12,16,18-21,27-29H,2,4,8-9,13-14H2,(H,30,31)/t16-,18?,19?,20+,21-/m1/s1. The maximum absolute atomic E-state index is 12.8. The van der Waals surface area contributed by atoms with E-state index in [0.717, 1.165) is 12.1 Å². The van der Waals surface area contributed by atoms with E-state index in [4.69, 9.17) is 9.84 Å². The molecule has 1 saturated carbocycles. The van der Waals surface area contributed by atoms with Gasteiger partial charge < -0.3 is 25.2 Å². The number of aliphatic hydroxyl groups excluding tert-OH is 3. The Morgan fingerprint density at radius 2 is 1.97 bits per heavy atom. The number of alkyl halides is 3. The van der Waals surface area contributed by atoms with Crippen molar-refractivity contribution < 1.29 is 43.1 Å². The summed E-state index contributed by atoms with van der Waals surface area (Å²) in [6.07, 6.45) is 1.48. The van der Waals surface area contributed by atoms with Gasteiger partial charge in [0.05, 0.1) is 17.8 Å². The van der Waals surface area contributed by atoms with Crippen LogP contribution in [0.5, 0.6) is 5.75 Å². The van der Waals surface area contributed by atoms with E-state index in [0.29, 0.717) is 19.3 Å². The predicted molar refractivity (Wildman–Crippen MR) is 111 cm³/mol. The molecule has 2 rings (SSSR count). The number of allylic oxidation sites excluding steroid dienone is 2. The van der Waals surface area contributed by atoms with Gasteiger partial charge >= 0.3 is 12.1 Å². The number of carboxylic acids is 1. The number of aliphatic hydroxyl groups is 3. The highest BCUT2D eigenvalue weighted by atomic mass is 19.4. The molecule has 1 aromatic carbocycles. The molecule has 0 spiro atoms. The van der Waals surface area contributed by atoms with Gasteiger partial charge in [-0.15, -0.1) is 0 Å². The molecule has 6 nitrogen and oxygen atoms in total. The first-order chi connectivity index (χ1) is 15.1. The molecule has 0 aromatic heterocycles. The second-order valence-electron chi connectivity index (χ2n) is 7.89. The van der Waals surface area contributed by atoms with E-state index in [9.17, 15) is 33.3 Å². The summed E-state index contributed by atoms with van der Waals surface area (Å²) >= 11 is 0. The Labute approximate surface area is 184 Å². The van der Waals surface area contributed by atoms with E-state index < -0.39 is 41.9 Å². The molecular formula is C23H29F3O6. The third-order valence-corrected chi connectivity index (χ3v) is 5.39. The minimum Gasteiger partial charge on any atom is -0.491 e. The van der Waals surface area contributed by atoms with Crippen molar-refractivity contribution in [1.82, 2.24) is 0 Å². The average Bonchev–Trinajstić information content (AvgIpc) is 2.99. The Morgan fingerprint density at radius 3 is 2.66 bits per heavy atom. The van der Waals surface area contributed by atoms with E-state index in [-0.39, 0.29) is 31.1 Å². The largest absolute Gasteiger partial charge is 0.491 e. The first-order valence-corrected chi connectivity index (χ1v) is 10.5. The Balaban J connectivity index is 1.87. The molecule has 178 valence electrons. The van der Waals surface area contributed by atoms with Crippen LogP contribution in [0.4, 0.5) is 13.2 Å². The van der Waals surface area contributed by atoms with Crippen LogP contribution in [-0.2, 0) is 11.0 Å². The van der Waals surface area contributed by atoms with Gasteiger partial charge in [0.25, 0.3) is 0 Å². The summed E-state index contributed by atoms with van der Waals surface area (Å²) in [5.74, 6) is -1.55. The van der Waals surface area contributed by atoms with Crippen LogP contribution in [0, 0.1) is 11.8 Å². The van der Waals surface area contributed by atoms with Crippen LogP contribution in [0.3, 0.4) is 0 Å². The summed E-state index contributed by atoms with van der Waals surface area (Å²) in [4.78, 5) is 10.5. The number of carbonyl (C=O) groups is 1. The quantitative estimate of drug-likeness (QED) is 0.298. The van der Waals surface area contributed by atoms with Crippen LogP contribution >= 0.6 is 0 Å². The van der Waals surface area contributed by atoms with E-state index >= 15 is 0 Å². The highest BCUT2D eigenvalue weighted by molar-refractivity contribution is 5.66. The number of unbranched alkanes of at least 4 members (excludes halogenated alkanes) is 1. The fraction of sp³-hybridized carbons (Fsp3) is 0.522. The SMILES string of the molecule is O=C(O)CCCC=CCC1C(C=C[C@@H](O)COc2cccc(C(F)(F)F)c2)[C@H](O)C[C@@H]1O. The number of carboxylic acid groups (broad SMARTS) is 1. The second-order valence-corrected chi connectivity index (χ2v) is 7.89. The minimum absolute atomic E-state index is 0.0190. The number of hydrogen-bond donors (Lipinski definition) is 4. The lowest BCUT2D eigenvalue weighted by Gasteiger charge is -2.19. The summed E-state index contributed by atoms with van der Waals surface area (Å²) in [5, 5.41) is 39.2. The fourth-order valence-corrected chi connectivity index (χ4v) is 3.70. The maximum Gasteiger partial charge on any atom is 0.416 e. The molecule has 0 aliphatic heterocycles. The lowest BCUT2D eigenvalue weighted by Crippen LogP contribution is -2.21. The van der Waals surface area contributed by atoms with E-state index in [2.05, 4.69) is 0 Å². The van der Waals surface area contributed by atoms with Crippen molar-refractivity contribution in [2.24, 2.45) is 11.8 Å². The summed E-state index contributed by atoms with van der Waals surface area (Å²) in [6, 6.07) is 4.36. The molecule has 0 bridgehead atoms. The molecule has 4 N–H and O–H groups in total. The number of halogens is 3. The number of ether oxygens (including phenoxy) is 1. The monoisotopic (exact) mass is 458 g/mol. The van der Waals surface area contributed by atoms with Crippen LogP contribution in [-0.4, -0.2) is 51.3 Å². The molecule has 0 saturated heterocycles. The van der Waals surface area contributed by atoms with Crippen LogP contribution < -0.4 is 4.74 Å². The number of rotatable bonds is 11. The lowest BCUT2D eigenvalue weighted by molar-refractivity contribution is -0.138. The highest BCUT2D eigenvalue weighted by Crippen LogP contribution is 2.36. The molecule has 1 aliphatic rings. The lowest BCUT2D eigenvalue weighted by atomic mass is 9.89. The third-order valence-electron chi connectivity index (χ3n) is 5.39. The van der Waals surface area contributed by atoms with Crippen LogP contribution in [0.2, 0.25) is 0 Å². The molecule has 5 atom stereocenters. The molecule has 1 fully saturated rings. The summed E-state index contributed by atoms with van der Waals surface area (Å²) in [5.41, 5.74) is -0.845. The van der Waals surface area contributed by atoms with Crippen molar-refractivity contribution in [1.29, 1.82) is 0 Å². The van der Waals surface area contributed by atoms with E-state index in [1.165, 1.54) is 18.2 Å². The molecule has 2 unspecified atom stereocenters. The molecule has 0 amide bonds. The third kappa shape index (κ3) is 8.29. The summed E-state index contributed by atoms with van der Waals surface area (Å²) in [7, 11) is 0. The Hall–Kier alpha value is -2.36. The molecule has 0 heterocycles. The van der Waals surface area contributed by atoms with E-state index in [1.807, 2.05) is 12.2 Å². The summed E-state index contributed by atoms with van der Waals surface area (Å²) in [6.45, 7) is -0.267. The molecular weight excluding hydrogens is 429 g/mol. The van der Waals surface area contributed by atoms with Gasteiger partial charge in [-0.1, -0.05) is 30.4 Å². The van der Waals surface area contributed by atoms with Gasteiger partial charge in [-0.3, -0.25) is 4.79 Å². The molecule has 1 aromatic rings. The second kappa shape index (κ2) is 12.0.